The first-order valence-electron chi connectivity index (χ1n) is 7.60. The molecule has 0 heterocycles. The molecule has 0 radical (unpaired) electrons. The summed E-state index contributed by atoms with van der Waals surface area (Å²) in [7, 11) is 0. The molecule has 0 rings (SSSR count). The lowest BCUT2D eigenvalue weighted by Crippen LogP contribution is -1.94. The van der Waals surface area contributed by atoms with Crippen molar-refractivity contribution in [2.24, 2.45) is 0 Å². The van der Waals surface area contributed by atoms with Gasteiger partial charge in [0.1, 0.15) is 0 Å². The van der Waals surface area contributed by atoms with Gasteiger partial charge in [-0.25, -0.2) is 4.31 Å². The Kier molecular flexibility index (Phi) is 12.0. The Bertz CT molecular complexity index is 574. The summed E-state index contributed by atoms with van der Waals surface area (Å²) in [6.45, 7) is 0.593. The van der Waals surface area contributed by atoms with Gasteiger partial charge in [-0.1, -0.05) is 34.9 Å². The molecule has 0 aromatic heterocycles. The highest BCUT2D eigenvalue weighted by Gasteiger charge is 2.23. The Labute approximate surface area is 155 Å². The summed E-state index contributed by atoms with van der Waals surface area (Å²) < 4.78 is 9.41. The van der Waals surface area contributed by atoms with E-state index in [9.17, 15) is 4.89 Å². The second-order valence-corrected chi connectivity index (χ2v) is 11.4. The lowest BCUT2D eigenvalue weighted by molar-refractivity contribution is 0.264. The Morgan fingerprint density at radius 1 is 0.875 bits per heavy atom. The smallest absolute Gasteiger partial charge is 0.324 e. The van der Waals surface area contributed by atoms with Crippen LogP contribution in [0.1, 0.15) is 53.4 Å². The molecule has 5 nitrogen and oxygen atoms in total. The van der Waals surface area contributed by atoms with E-state index in [1.807, 2.05) is 6.92 Å². The van der Waals surface area contributed by atoms with Crippen LogP contribution in [-0.4, -0.2) is 21.3 Å². The molecular weight excluding hydrogens is 386 g/mol. The predicted molar refractivity (Wildman–Crippen MR) is 108 cm³/mol. The third kappa shape index (κ3) is 15.8. The van der Waals surface area contributed by atoms with Crippen LogP contribution in [0.5, 0.6) is 0 Å². The number of rotatable bonds is 11. The van der Waals surface area contributed by atoms with E-state index in [2.05, 4.69) is 60.8 Å². The van der Waals surface area contributed by atoms with E-state index >= 15 is 0 Å². The molecule has 140 valence electrons. The molecule has 0 saturated heterocycles. The van der Waals surface area contributed by atoms with Crippen LogP contribution in [0.2, 0.25) is 0 Å². The lowest BCUT2D eigenvalue weighted by atomic mass is 10.1. The van der Waals surface area contributed by atoms with Crippen LogP contribution >= 0.6 is 13.4 Å². The summed E-state index contributed by atoms with van der Waals surface area (Å²) in [5, 5.41) is 0. The molecule has 0 saturated carbocycles. The van der Waals surface area contributed by atoms with Crippen LogP contribution in [0.25, 0.3) is 0 Å². The monoisotopic (exact) mass is 414 g/mol. The minimum atomic E-state index is -4.02. The molecule has 0 aliphatic heterocycles. The maximum Gasteiger partial charge on any atom is 0.332 e. The van der Waals surface area contributed by atoms with Gasteiger partial charge in [0, 0.05) is 0 Å². The lowest BCUT2D eigenvalue weighted by Gasteiger charge is -2.17. The van der Waals surface area contributed by atoms with E-state index in [0.29, 0.717) is 0 Å². The molecule has 0 aromatic carbocycles. The molecule has 0 bridgehead atoms. The molecule has 0 aliphatic carbocycles. The summed E-state index contributed by atoms with van der Waals surface area (Å²) in [5.74, 6) is 0. The van der Waals surface area contributed by atoms with Crippen molar-refractivity contribution in [3.05, 3.63) is 34.9 Å². The first-order chi connectivity index (χ1) is 10.9. The van der Waals surface area contributed by atoms with E-state index < -0.39 is 13.4 Å². The molecule has 1 unspecified atom stereocenters. The summed E-state index contributed by atoms with van der Waals surface area (Å²) in [6.07, 6.45) is 10.2. The third-order valence-electron chi connectivity index (χ3n) is 3.00. The summed E-state index contributed by atoms with van der Waals surface area (Å²) in [5.41, 5.74) is 3.80. The second-order valence-electron chi connectivity index (χ2n) is 5.80. The van der Waals surface area contributed by atoms with Crippen LogP contribution in [0.3, 0.4) is 0 Å². The molecule has 0 aromatic rings. The van der Waals surface area contributed by atoms with E-state index in [1.165, 1.54) is 11.1 Å². The standard InChI is InChI=1S/C15H28O5P2S2/c1-13(2)7-5-8-14(3)9-6-10-15(4)11-12-19-22(18,24)20-21(16,17)23/h7,9,11H,5-6,8,10,12H2,1-4H3,(H,18,24)(H2,16,17,23). The van der Waals surface area contributed by atoms with E-state index in [1.54, 1.807) is 6.08 Å². The highest BCUT2D eigenvalue weighted by atomic mass is 32.5. The van der Waals surface area contributed by atoms with Crippen molar-refractivity contribution in [1.82, 2.24) is 0 Å². The molecule has 3 N–H and O–H groups in total. The van der Waals surface area contributed by atoms with Crippen molar-refractivity contribution >= 4 is 37.1 Å². The Morgan fingerprint density at radius 3 is 1.88 bits per heavy atom. The third-order valence-corrected chi connectivity index (χ3v) is 6.67. The number of allylic oxidation sites excluding steroid dienone is 5. The zero-order chi connectivity index (χ0) is 18.8. The average molecular weight is 414 g/mol. The first-order valence-corrected chi connectivity index (χ1v) is 12.8. The first kappa shape index (κ1) is 24.3. The topological polar surface area (TPSA) is 79.2 Å². The van der Waals surface area contributed by atoms with Crippen molar-refractivity contribution in [3.8, 4) is 0 Å². The summed E-state index contributed by atoms with van der Waals surface area (Å²) >= 11 is 8.90. The van der Waals surface area contributed by atoms with Gasteiger partial charge in [0.2, 0.25) is 0 Å². The van der Waals surface area contributed by atoms with Crippen LogP contribution < -0.4 is 0 Å². The molecule has 0 aliphatic rings. The van der Waals surface area contributed by atoms with Gasteiger partial charge in [-0.2, -0.15) is 0 Å². The minimum Gasteiger partial charge on any atom is -0.324 e. The van der Waals surface area contributed by atoms with Crippen LogP contribution in [-0.2, 0) is 32.4 Å². The van der Waals surface area contributed by atoms with Gasteiger partial charge in [-0.15, -0.1) is 0 Å². The zero-order valence-corrected chi connectivity index (χ0v) is 18.1. The number of hydrogen-bond acceptors (Lipinski definition) is 4. The molecule has 0 spiro atoms. The quantitative estimate of drug-likeness (QED) is 0.329. The molecular formula is C15H28O5P2S2. The van der Waals surface area contributed by atoms with Gasteiger partial charge in [-0.05, 0) is 77.0 Å². The van der Waals surface area contributed by atoms with E-state index in [4.69, 9.17) is 14.3 Å². The highest BCUT2D eigenvalue weighted by Crippen LogP contribution is 2.57. The van der Waals surface area contributed by atoms with Crippen LogP contribution in [0.4, 0.5) is 0 Å². The van der Waals surface area contributed by atoms with Gasteiger partial charge in [0.15, 0.2) is 0 Å². The summed E-state index contributed by atoms with van der Waals surface area (Å²) in [4.78, 5) is 27.6. The minimum absolute atomic E-state index is 0.0399. The van der Waals surface area contributed by atoms with Crippen molar-refractivity contribution in [3.63, 3.8) is 0 Å². The highest BCUT2D eigenvalue weighted by molar-refractivity contribution is 8.14. The largest absolute Gasteiger partial charge is 0.332 e. The van der Waals surface area contributed by atoms with Crippen molar-refractivity contribution in [1.29, 1.82) is 0 Å². The van der Waals surface area contributed by atoms with Crippen molar-refractivity contribution in [2.75, 3.05) is 6.61 Å². The molecule has 0 amide bonds. The summed E-state index contributed by atoms with van der Waals surface area (Å²) in [6, 6.07) is 0. The van der Waals surface area contributed by atoms with Gasteiger partial charge in [-0.3, -0.25) is 0 Å². The van der Waals surface area contributed by atoms with Crippen molar-refractivity contribution < 1.29 is 23.5 Å². The Morgan fingerprint density at radius 2 is 1.38 bits per heavy atom. The van der Waals surface area contributed by atoms with Crippen LogP contribution in [0, 0.1) is 0 Å². The fraction of sp³-hybridized carbons (Fsp3) is 0.600. The molecule has 9 heteroatoms. The average Bonchev–Trinajstić information content (AvgIpc) is 2.34. The van der Waals surface area contributed by atoms with E-state index in [0.717, 1.165) is 31.3 Å². The zero-order valence-electron chi connectivity index (χ0n) is 14.6. The SMILES string of the molecule is CC(C)=CCCC(C)=CCCC(C)=CCOP(O)(=S)OP(O)(O)=S. The van der Waals surface area contributed by atoms with E-state index in [-0.39, 0.29) is 6.61 Å². The molecule has 24 heavy (non-hydrogen) atoms. The second kappa shape index (κ2) is 11.8. The Balaban J connectivity index is 4.18. The molecule has 1 atom stereocenters. The van der Waals surface area contributed by atoms with Crippen molar-refractivity contribution in [2.45, 2.75) is 53.4 Å². The number of hydrogen-bond donors (Lipinski definition) is 3. The fourth-order valence-corrected chi connectivity index (χ4v) is 5.51. The maximum atomic E-state index is 9.61. The normalized spacial score (nSPS) is 16.0. The van der Waals surface area contributed by atoms with Gasteiger partial charge in [0.25, 0.3) is 0 Å². The Hall–Kier alpha value is 0.320. The van der Waals surface area contributed by atoms with Gasteiger partial charge < -0.3 is 19.2 Å². The maximum absolute atomic E-state index is 9.61. The van der Waals surface area contributed by atoms with Gasteiger partial charge >= 0.3 is 13.4 Å². The fourth-order valence-electron chi connectivity index (χ4n) is 1.77. The predicted octanol–water partition coefficient (Wildman–Crippen LogP) is 4.86. The molecule has 0 fully saturated rings. The van der Waals surface area contributed by atoms with Gasteiger partial charge in [0.05, 0.1) is 6.61 Å². The van der Waals surface area contributed by atoms with Crippen LogP contribution in [0.15, 0.2) is 34.9 Å².